The van der Waals surface area contributed by atoms with Crippen LogP contribution in [0.3, 0.4) is 0 Å². The average Bonchev–Trinajstić information content (AvgIpc) is 2.72. The van der Waals surface area contributed by atoms with E-state index in [-0.39, 0.29) is 12.4 Å². The first-order chi connectivity index (χ1) is 13.7. The fourth-order valence-corrected chi connectivity index (χ4v) is 3.79. The molecule has 0 radical (unpaired) electrons. The first-order valence-corrected chi connectivity index (χ1v) is 10.6. The lowest BCUT2D eigenvalue weighted by molar-refractivity contribution is -0.696. The molecule has 0 amide bonds. The summed E-state index contributed by atoms with van der Waals surface area (Å²) in [6, 6.07) is 17.0. The summed E-state index contributed by atoms with van der Waals surface area (Å²) in [7, 11) is 0. The van der Waals surface area contributed by atoms with Gasteiger partial charge in [-0.1, -0.05) is 49.6 Å². The third-order valence-electron chi connectivity index (χ3n) is 5.49. The number of nitrogens with two attached hydrogens (primary N) is 1. The van der Waals surface area contributed by atoms with Crippen molar-refractivity contribution in [1.29, 1.82) is 0 Å². The number of ketones is 1. The maximum atomic E-state index is 12.4. The van der Waals surface area contributed by atoms with E-state index in [1.807, 2.05) is 30.3 Å². The van der Waals surface area contributed by atoms with Gasteiger partial charge in [0.25, 0.3) is 0 Å². The molecular formula is C24H32NO3+. The molecular weight excluding hydrogens is 350 g/mol. The molecule has 0 spiro atoms. The van der Waals surface area contributed by atoms with Crippen molar-refractivity contribution in [2.24, 2.45) is 0 Å². The fraction of sp³-hybridized carbons (Fsp3) is 0.458. The smallest absolute Gasteiger partial charge is 0.193 e. The van der Waals surface area contributed by atoms with E-state index in [9.17, 15) is 9.90 Å². The van der Waals surface area contributed by atoms with Crippen LogP contribution in [0.25, 0.3) is 0 Å². The quantitative estimate of drug-likeness (QED) is 0.689. The molecule has 2 aromatic rings. The molecule has 0 saturated heterocycles. The predicted molar refractivity (Wildman–Crippen MR) is 111 cm³/mol. The fourth-order valence-electron chi connectivity index (χ4n) is 3.79. The number of hydrogen-bond acceptors (Lipinski definition) is 3. The van der Waals surface area contributed by atoms with E-state index in [1.54, 1.807) is 24.3 Å². The second kappa shape index (κ2) is 11.0. The summed E-state index contributed by atoms with van der Waals surface area (Å²) in [6.45, 7) is 0.949. The lowest BCUT2D eigenvalue weighted by Gasteiger charge is -2.20. The molecule has 1 aliphatic rings. The Kier molecular flexibility index (Phi) is 8.07. The van der Waals surface area contributed by atoms with Crippen LogP contribution in [0.4, 0.5) is 0 Å². The van der Waals surface area contributed by atoms with Gasteiger partial charge < -0.3 is 15.2 Å². The third kappa shape index (κ3) is 6.47. The molecule has 3 N–H and O–H groups in total. The SMILES string of the molecule is O=C(c1ccccc1)c1ccc(OC[C@H](O)C[NH2+]C2CCCCCCC2)cc1. The number of aliphatic hydroxyl groups is 1. The molecule has 0 bridgehead atoms. The first kappa shape index (κ1) is 20.6. The highest BCUT2D eigenvalue weighted by molar-refractivity contribution is 6.08. The van der Waals surface area contributed by atoms with Crippen molar-refractivity contribution in [3.05, 3.63) is 65.7 Å². The normalized spacial score (nSPS) is 16.8. The maximum Gasteiger partial charge on any atom is 0.193 e. The van der Waals surface area contributed by atoms with Gasteiger partial charge in [-0.2, -0.15) is 0 Å². The van der Waals surface area contributed by atoms with Crippen LogP contribution in [-0.4, -0.2) is 36.2 Å². The standard InChI is InChI=1S/C24H31NO3/c26-22(17-25-21-11-7-2-1-3-8-12-21)18-28-23-15-13-20(14-16-23)24(27)19-9-5-4-6-10-19/h4-6,9-10,13-16,21-22,25-26H,1-3,7-8,11-12,17-18H2/p+1/t22-/m1/s1. The van der Waals surface area contributed by atoms with Crippen LogP contribution in [-0.2, 0) is 0 Å². The minimum Gasteiger partial charge on any atom is -0.491 e. The zero-order valence-electron chi connectivity index (χ0n) is 16.6. The van der Waals surface area contributed by atoms with Gasteiger partial charge in [0.1, 0.15) is 25.0 Å². The highest BCUT2D eigenvalue weighted by Gasteiger charge is 2.16. The lowest BCUT2D eigenvalue weighted by Crippen LogP contribution is -2.92. The third-order valence-corrected chi connectivity index (χ3v) is 5.49. The number of ether oxygens (including phenoxy) is 1. The number of carbonyl (C=O) groups is 1. The maximum absolute atomic E-state index is 12.4. The molecule has 1 saturated carbocycles. The van der Waals surface area contributed by atoms with Crippen LogP contribution in [0.2, 0.25) is 0 Å². The summed E-state index contributed by atoms with van der Waals surface area (Å²) in [5.41, 5.74) is 1.31. The largest absolute Gasteiger partial charge is 0.491 e. The van der Waals surface area contributed by atoms with Crippen molar-refractivity contribution in [3.8, 4) is 5.75 Å². The molecule has 1 aliphatic carbocycles. The molecule has 3 rings (SSSR count). The van der Waals surface area contributed by atoms with Crippen LogP contribution >= 0.6 is 0 Å². The van der Waals surface area contributed by atoms with E-state index in [1.165, 1.54) is 44.9 Å². The topological polar surface area (TPSA) is 63.1 Å². The van der Waals surface area contributed by atoms with E-state index in [2.05, 4.69) is 5.32 Å². The Morgan fingerprint density at radius 3 is 2.21 bits per heavy atom. The summed E-state index contributed by atoms with van der Waals surface area (Å²) in [4.78, 5) is 12.4. The second-order valence-electron chi connectivity index (χ2n) is 7.76. The van der Waals surface area contributed by atoms with E-state index in [4.69, 9.17) is 4.74 Å². The van der Waals surface area contributed by atoms with Crippen molar-refractivity contribution in [2.75, 3.05) is 13.2 Å². The number of quaternary nitrogens is 1. The van der Waals surface area contributed by atoms with E-state index in [0.717, 1.165) is 0 Å². The Morgan fingerprint density at radius 1 is 0.929 bits per heavy atom. The minimum absolute atomic E-state index is 0.000912. The molecule has 0 aromatic heterocycles. The van der Waals surface area contributed by atoms with Gasteiger partial charge >= 0.3 is 0 Å². The Morgan fingerprint density at radius 2 is 1.54 bits per heavy atom. The van der Waals surface area contributed by atoms with Crippen LogP contribution in [0.15, 0.2) is 54.6 Å². The van der Waals surface area contributed by atoms with Crippen molar-refractivity contribution in [1.82, 2.24) is 0 Å². The Hall–Kier alpha value is -2.17. The number of aliphatic hydroxyl groups excluding tert-OH is 1. The van der Waals surface area contributed by atoms with E-state index in [0.29, 0.717) is 29.5 Å². The molecule has 150 valence electrons. The van der Waals surface area contributed by atoms with Gasteiger partial charge in [-0.25, -0.2) is 0 Å². The highest BCUT2D eigenvalue weighted by Crippen LogP contribution is 2.16. The zero-order valence-corrected chi connectivity index (χ0v) is 16.6. The van der Waals surface area contributed by atoms with E-state index < -0.39 is 6.10 Å². The summed E-state index contributed by atoms with van der Waals surface area (Å²) >= 11 is 0. The van der Waals surface area contributed by atoms with Crippen LogP contribution < -0.4 is 10.1 Å². The van der Waals surface area contributed by atoms with Gasteiger partial charge in [0.15, 0.2) is 5.78 Å². The molecule has 28 heavy (non-hydrogen) atoms. The summed E-state index contributed by atoms with van der Waals surface area (Å²) < 4.78 is 5.71. The predicted octanol–water partition coefficient (Wildman–Crippen LogP) is 3.33. The lowest BCUT2D eigenvalue weighted by atomic mass is 9.96. The summed E-state index contributed by atoms with van der Waals surface area (Å²) in [6.07, 6.45) is 8.70. The van der Waals surface area contributed by atoms with Crippen molar-refractivity contribution < 1.29 is 20.0 Å². The monoisotopic (exact) mass is 382 g/mol. The molecule has 1 atom stereocenters. The number of benzene rings is 2. The molecule has 1 fully saturated rings. The number of carbonyl (C=O) groups excluding carboxylic acids is 1. The van der Waals surface area contributed by atoms with Gasteiger partial charge in [-0.3, -0.25) is 4.79 Å². The zero-order chi connectivity index (χ0) is 19.6. The van der Waals surface area contributed by atoms with Gasteiger partial charge in [-0.15, -0.1) is 0 Å². The molecule has 4 nitrogen and oxygen atoms in total. The Labute approximate surface area is 167 Å². The first-order valence-electron chi connectivity index (χ1n) is 10.6. The van der Waals surface area contributed by atoms with Gasteiger partial charge in [-0.05, 0) is 49.9 Å². The average molecular weight is 383 g/mol. The number of hydrogen-bond donors (Lipinski definition) is 2. The van der Waals surface area contributed by atoms with Crippen molar-refractivity contribution >= 4 is 5.78 Å². The van der Waals surface area contributed by atoms with Crippen molar-refractivity contribution in [2.45, 2.75) is 57.1 Å². The van der Waals surface area contributed by atoms with Crippen molar-refractivity contribution in [3.63, 3.8) is 0 Å². The van der Waals surface area contributed by atoms with E-state index >= 15 is 0 Å². The molecule has 4 heteroatoms. The molecule has 0 unspecified atom stereocenters. The Balaban J connectivity index is 1.42. The number of rotatable bonds is 8. The molecule has 0 aliphatic heterocycles. The minimum atomic E-state index is -0.490. The van der Waals surface area contributed by atoms with Gasteiger partial charge in [0.2, 0.25) is 0 Å². The van der Waals surface area contributed by atoms with Crippen LogP contribution in [0.1, 0.15) is 60.9 Å². The summed E-state index contributed by atoms with van der Waals surface area (Å²) in [5, 5.41) is 12.5. The van der Waals surface area contributed by atoms with Crippen LogP contribution in [0.5, 0.6) is 5.75 Å². The van der Waals surface area contributed by atoms with Gasteiger partial charge in [0, 0.05) is 11.1 Å². The second-order valence-corrected chi connectivity index (χ2v) is 7.76. The Bertz CT molecular complexity index is 706. The highest BCUT2D eigenvalue weighted by atomic mass is 16.5. The molecule has 0 heterocycles. The van der Waals surface area contributed by atoms with Gasteiger partial charge in [0.05, 0.1) is 6.04 Å². The summed E-state index contributed by atoms with van der Waals surface area (Å²) in [5.74, 6) is 0.676. The molecule has 2 aromatic carbocycles. The van der Waals surface area contributed by atoms with Crippen LogP contribution in [0, 0.1) is 0 Å².